The van der Waals surface area contributed by atoms with Crippen molar-refractivity contribution >= 4 is 11.4 Å². The molecular weight excluding hydrogens is 244 g/mol. The van der Waals surface area contributed by atoms with Gasteiger partial charge in [-0.15, -0.1) is 0 Å². The molecule has 0 aromatic heterocycles. The van der Waals surface area contributed by atoms with Gasteiger partial charge in [0.15, 0.2) is 0 Å². The fourth-order valence-corrected chi connectivity index (χ4v) is 3.00. The van der Waals surface area contributed by atoms with Gasteiger partial charge in [0, 0.05) is 17.4 Å². The molecule has 1 aliphatic rings. The fraction of sp³-hybridized carbons (Fsp3) is 0.333. The molecule has 1 fully saturated rings. The van der Waals surface area contributed by atoms with Crippen LogP contribution in [0, 0.1) is 0 Å². The summed E-state index contributed by atoms with van der Waals surface area (Å²) in [4.78, 5) is 4.93. The van der Waals surface area contributed by atoms with E-state index in [-0.39, 0.29) is 0 Å². The molecule has 2 nitrogen and oxygen atoms in total. The van der Waals surface area contributed by atoms with E-state index in [4.69, 9.17) is 0 Å². The average molecular weight is 266 g/mol. The Bertz CT molecular complexity index is 476. The number of nitrogens with zero attached hydrogens (tertiary/aromatic N) is 2. The van der Waals surface area contributed by atoms with Gasteiger partial charge in [-0.2, -0.15) is 0 Å². The number of hydrogen-bond donors (Lipinski definition) is 0. The number of rotatable bonds is 3. The Morgan fingerprint density at radius 3 is 1.70 bits per heavy atom. The zero-order valence-electron chi connectivity index (χ0n) is 12.1. The average Bonchev–Trinajstić information content (AvgIpc) is 2.52. The summed E-state index contributed by atoms with van der Waals surface area (Å²) < 4.78 is 0. The first-order valence-corrected chi connectivity index (χ1v) is 7.42. The Morgan fingerprint density at radius 1 is 0.800 bits per heavy atom. The second-order valence-corrected chi connectivity index (χ2v) is 5.58. The summed E-state index contributed by atoms with van der Waals surface area (Å²) in [6.07, 6.45) is 2.45. The molecule has 20 heavy (non-hydrogen) atoms. The molecule has 3 rings (SSSR count). The monoisotopic (exact) mass is 266 g/mol. The van der Waals surface area contributed by atoms with Gasteiger partial charge < -0.3 is 9.80 Å². The minimum absolute atomic E-state index is 0.594. The van der Waals surface area contributed by atoms with Crippen LogP contribution in [0.25, 0.3) is 0 Å². The van der Waals surface area contributed by atoms with Crippen molar-refractivity contribution in [2.75, 3.05) is 25.0 Å². The zero-order valence-corrected chi connectivity index (χ0v) is 12.1. The fourth-order valence-electron chi connectivity index (χ4n) is 3.00. The maximum absolute atomic E-state index is 2.51. The lowest BCUT2D eigenvalue weighted by Crippen LogP contribution is -2.41. The van der Waals surface area contributed by atoms with Gasteiger partial charge >= 0.3 is 0 Å². The van der Waals surface area contributed by atoms with E-state index >= 15 is 0 Å². The Balaban J connectivity index is 1.92. The molecule has 2 aromatic carbocycles. The van der Waals surface area contributed by atoms with Crippen molar-refractivity contribution in [1.82, 2.24) is 4.90 Å². The first kappa shape index (κ1) is 13.2. The molecule has 0 spiro atoms. The number of benzene rings is 2. The third-order valence-corrected chi connectivity index (χ3v) is 4.12. The van der Waals surface area contributed by atoms with E-state index in [2.05, 4.69) is 77.5 Å². The third kappa shape index (κ3) is 2.86. The second-order valence-electron chi connectivity index (χ2n) is 5.58. The Hall–Kier alpha value is -1.80. The maximum atomic E-state index is 2.51. The van der Waals surface area contributed by atoms with E-state index < -0.39 is 0 Å². The topological polar surface area (TPSA) is 6.48 Å². The van der Waals surface area contributed by atoms with E-state index in [1.165, 1.54) is 37.3 Å². The normalized spacial score (nSPS) is 17.1. The van der Waals surface area contributed by atoms with Gasteiger partial charge in [0.05, 0.1) is 0 Å². The van der Waals surface area contributed by atoms with Crippen LogP contribution in [-0.4, -0.2) is 31.1 Å². The minimum atomic E-state index is 0.594. The summed E-state index contributed by atoms with van der Waals surface area (Å²) in [5, 5.41) is 0. The molecule has 0 amide bonds. The van der Waals surface area contributed by atoms with Crippen molar-refractivity contribution in [3.05, 3.63) is 60.7 Å². The predicted octanol–water partition coefficient (Wildman–Crippen LogP) is 3.92. The molecule has 0 N–H and O–H groups in total. The lowest BCUT2D eigenvalue weighted by molar-refractivity contribution is 0.255. The van der Waals surface area contributed by atoms with Gasteiger partial charge in [-0.1, -0.05) is 36.4 Å². The van der Waals surface area contributed by atoms with Crippen molar-refractivity contribution in [3.63, 3.8) is 0 Å². The summed E-state index contributed by atoms with van der Waals surface area (Å²) in [6.45, 7) is 2.36. The van der Waals surface area contributed by atoms with Crippen molar-refractivity contribution in [2.45, 2.75) is 18.9 Å². The van der Waals surface area contributed by atoms with Crippen LogP contribution in [0.5, 0.6) is 0 Å². The smallest absolute Gasteiger partial charge is 0.0413 e. The number of hydrogen-bond acceptors (Lipinski definition) is 2. The van der Waals surface area contributed by atoms with E-state index in [0.717, 1.165) is 0 Å². The highest BCUT2D eigenvalue weighted by molar-refractivity contribution is 5.64. The maximum Gasteiger partial charge on any atom is 0.0413 e. The Morgan fingerprint density at radius 2 is 1.25 bits per heavy atom. The minimum Gasteiger partial charge on any atom is -0.338 e. The summed E-state index contributed by atoms with van der Waals surface area (Å²) in [6, 6.07) is 22.1. The third-order valence-electron chi connectivity index (χ3n) is 4.12. The van der Waals surface area contributed by atoms with E-state index in [1.54, 1.807) is 0 Å². The Labute approximate surface area is 121 Å². The molecule has 0 saturated carbocycles. The molecule has 104 valence electrons. The highest BCUT2D eigenvalue weighted by Crippen LogP contribution is 2.31. The molecule has 1 heterocycles. The van der Waals surface area contributed by atoms with Gasteiger partial charge in [-0.25, -0.2) is 0 Å². The molecule has 0 atom stereocenters. The summed E-state index contributed by atoms with van der Waals surface area (Å²) >= 11 is 0. The second kappa shape index (κ2) is 6.10. The predicted molar refractivity (Wildman–Crippen MR) is 85.5 cm³/mol. The van der Waals surface area contributed by atoms with Crippen LogP contribution < -0.4 is 4.90 Å². The van der Waals surface area contributed by atoms with Gasteiger partial charge in [0.25, 0.3) is 0 Å². The highest BCUT2D eigenvalue weighted by Gasteiger charge is 2.24. The van der Waals surface area contributed by atoms with Crippen molar-refractivity contribution in [3.8, 4) is 0 Å². The molecule has 2 heteroatoms. The van der Waals surface area contributed by atoms with Crippen molar-refractivity contribution < 1.29 is 0 Å². The van der Waals surface area contributed by atoms with Gasteiger partial charge in [-0.3, -0.25) is 0 Å². The number of likely N-dealkylation sites (tertiary alicyclic amines) is 1. The van der Waals surface area contributed by atoms with E-state index in [0.29, 0.717) is 6.04 Å². The zero-order chi connectivity index (χ0) is 13.8. The highest BCUT2D eigenvalue weighted by atomic mass is 15.2. The first-order chi connectivity index (χ1) is 9.84. The van der Waals surface area contributed by atoms with Crippen LogP contribution in [0.15, 0.2) is 60.7 Å². The lowest BCUT2D eigenvalue weighted by Gasteiger charge is -2.38. The first-order valence-electron chi connectivity index (χ1n) is 7.42. The SMILES string of the molecule is CN1CCC(N(c2ccccc2)c2ccccc2)CC1. The standard InChI is InChI=1S/C18H22N2/c1-19-14-12-18(13-15-19)20(16-8-4-2-5-9-16)17-10-6-3-7-11-17/h2-11,18H,12-15H2,1H3. The largest absolute Gasteiger partial charge is 0.338 e. The van der Waals surface area contributed by atoms with E-state index in [1.807, 2.05) is 0 Å². The molecular formula is C18H22N2. The molecule has 2 aromatic rings. The molecule has 0 aliphatic carbocycles. The van der Waals surface area contributed by atoms with Gasteiger partial charge in [-0.05, 0) is 57.2 Å². The molecule has 0 radical (unpaired) electrons. The van der Waals surface area contributed by atoms with Gasteiger partial charge in [0.2, 0.25) is 0 Å². The Kier molecular flexibility index (Phi) is 4.03. The number of piperidine rings is 1. The molecule has 0 bridgehead atoms. The quantitative estimate of drug-likeness (QED) is 0.831. The van der Waals surface area contributed by atoms with Crippen LogP contribution in [0.2, 0.25) is 0 Å². The number of para-hydroxylation sites is 2. The summed E-state index contributed by atoms with van der Waals surface area (Å²) in [5.41, 5.74) is 2.60. The molecule has 1 saturated heterocycles. The van der Waals surface area contributed by atoms with Crippen LogP contribution in [0.1, 0.15) is 12.8 Å². The molecule has 1 aliphatic heterocycles. The molecule has 0 unspecified atom stereocenters. The van der Waals surface area contributed by atoms with Crippen LogP contribution in [0.4, 0.5) is 11.4 Å². The number of anilines is 2. The van der Waals surface area contributed by atoms with Gasteiger partial charge in [0.1, 0.15) is 0 Å². The van der Waals surface area contributed by atoms with E-state index in [9.17, 15) is 0 Å². The van der Waals surface area contributed by atoms with Crippen LogP contribution >= 0.6 is 0 Å². The lowest BCUT2D eigenvalue weighted by atomic mass is 10.0. The summed E-state index contributed by atoms with van der Waals surface area (Å²) in [7, 11) is 2.21. The van der Waals surface area contributed by atoms with Crippen LogP contribution in [0.3, 0.4) is 0 Å². The van der Waals surface area contributed by atoms with Crippen molar-refractivity contribution in [1.29, 1.82) is 0 Å². The summed E-state index contributed by atoms with van der Waals surface area (Å²) in [5.74, 6) is 0. The van der Waals surface area contributed by atoms with Crippen LogP contribution in [-0.2, 0) is 0 Å². The van der Waals surface area contributed by atoms with Crippen molar-refractivity contribution in [2.24, 2.45) is 0 Å².